The Morgan fingerprint density at radius 2 is 1.50 bits per heavy atom. The SMILES string of the molecule is CCCC(=O)SCCOP(=O)(OCCSC(=O)CCC)C(F)(F)c1ccc2ccc(C(=O)NC3CN(CC(F)F)CC[C@H]4CC[C@@H](C(=O)N(C)C5CCN(S(C)(=O)=O)CC5)N4C3=O)cc2c1. The highest BCUT2D eigenvalue weighted by molar-refractivity contribution is 8.13. The Bertz CT molecular complexity index is 2190. The summed E-state index contributed by atoms with van der Waals surface area (Å²) in [5.41, 5.74) is -5.07. The van der Waals surface area contributed by atoms with Gasteiger partial charge in [0.1, 0.15) is 12.1 Å². The molecule has 1 unspecified atom stereocenters. The molecule has 23 heteroatoms. The van der Waals surface area contributed by atoms with E-state index in [9.17, 15) is 45.7 Å². The maximum atomic E-state index is 16.5. The average molecular weight is 1010 g/mol. The van der Waals surface area contributed by atoms with Gasteiger partial charge in [-0.1, -0.05) is 55.6 Å². The molecule has 3 heterocycles. The zero-order valence-corrected chi connectivity index (χ0v) is 41.0. The van der Waals surface area contributed by atoms with Gasteiger partial charge in [-0.15, -0.1) is 0 Å². The van der Waals surface area contributed by atoms with Gasteiger partial charge in [-0.2, -0.15) is 8.78 Å². The van der Waals surface area contributed by atoms with Crippen LogP contribution >= 0.6 is 31.1 Å². The molecule has 3 saturated heterocycles. The van der Waals surface area contributed by atoms with Crippen LogP contribution in [0.25, 0.3) is 10.8 Å². The van der Waals surface area contributed by atoms with Crippen LogP contribution in [0.2, 0.25) is 0 Å². The van der Waals surface area contributed by atoms with Crippen molar-refractivity contribution in [1.82, 2.24) is 24.3 Å². The molecule has 2 aromatic carbocycles. The largest absolute Gasteiger partial charge is 0.404 e. The third-order valence-corrected chi connectivity index (χ3v) is 17.1. The Morgan fingerprint density at radius 1 is 0.894 bits per heavy atom. The van der Waals surface area contributed by atoms with Crippen LogP contribution in [0, 0.1) is 0 Å². The summed E-state index contributed by atoms with van der Waals surface area (Å²) in [5, 5.41) is 2.84. The van der Waals surface area contributed by atoms with Gasteiger partial charge in [-0.25, -0.2) is 21.5 Å². The van der Waals surface area contributed by atoms with Gasteiger partial charge in [0.25, 0.3) is 12.3 Å². The van der Waals surface area contributed by atoms with E-state index in [0.717, 1.165) is 41.9 Å². The van der Waals surface area contributed by atoms with Crippen molar-refractivity contribution < 1.29 is 63.6 Å². The van der Waals surface area contributed by atoms with Crippen LogP contribution < -0.4 is 5.32 Å². The first-order valence-electron chi connectivity index (χ1n) is 22.2. The number of alkyl halides is 4. The number of rotatable bonds is 21. The van der Waals surface area contributed by atoms with Crippen molar-refractivity contribution in [3.05, 3.63) is 47.5 Å². The van der Waals surface area contributed by atoms with Gasteiger partial charge >= 0.3 is 13.3 Å². The summed E-state index contributed by atoms with van der Waals surface area (Å²) < 4.78 is 111. The Morgan fingerprint density at radius 3 is 2.08 bits per heavy atom. The summed E-state index contributed by atoms with van der Waals surface area (Å²) in [7, 11) is -7.11. The van der Waals surface area contributed by atoms with Crippen LogP contribution in [0.5, 0.6) is 0 Å². The first-order valence-corrected chi connectivity index (χ1v) is 27.5. The third-order valence-electron chi connectivity index (χ3n) is 12.0. The number of sulfonamides is 1. The number of carbonyl (C=O) groups is 5. The van der Waals surface area contributed by atoms with Crippen LogP contribution in [-0.2, 0) is 48.5 Å². The lowest BCUT2D eigenvalue weighted by Gasteiger charge is -2.41. The molecular weight excluding hydrogens is 950 g/mol. The number of piperidine rings is 1. The Hall–Kier alpha value is -3.11. The van der Waals surface area contributed by atoms with Crippen LogP contribution in [0.3, 0.4) is 0 Å². The molecule has 0 saturated carbocycles. The van der Waals surface area contributed by atoms with Gasteiger partial charge in [0.2, 0.25) is 21.8 Å². The number of fused-ring (bicyclic) bond motifs is 2. The Balaban J connectivity index is 1.37. The van der Waals surface area contributed by atoms with Gasteiger partial charge in [-0.05, 0) is 73.9 Å². The topological polar surface area (TPSA) is 180 Å². The molecule has 3 amide bonds. The molecule has 15 nitrogen and oxygen atoms in total. The molecule has 0 bridgehead atoms. The monoisotopic (exact) mass is 1010 g/mol. The first-order chi connectivity index (χ1) is 31.2. The number of amides is 3. The van der Waals surface area contributed by atoms with Gasteiger partial charge in [-0.3, -0.25) is 33.4 Å². The van der Waals surface area contributed by atoms with E-state index < -0.39 is 85.0 Å². The number of thioether (sulfide) groups is 2. The zero-order valence-electron chi connectivity index (χ0n) is 37.6. The predicted molar refractivity (Wildman–Crippen MR) is 246 cm³/mol. The molecule has 3 aliphatic heterocycles. The van der Waals surface area contributed by atoms with E-state index in [1.54, 1.807) is 11.9 Å². The van der Waals surface area contributed by atoms with Crippen molar-refractivity contribution in [3.63, 3.8) is 0 Å². The van der Waals surface area contributed by atoms with Gasteiger partial charge in [0.15, 0.2) is 10.2 Å². The minimum absolute atomic E-state index is 0.0631. The van der Waals surface area contributed by atoms with Crippen LogP contribution in [0.1, 0.15) is 87.6 Å². The minimum atomic E-state index is -5.32. The van der Waals surface area contributed by atoms with E-state index in [-0.39, 0.29) is 83.7 Å². The van der Waals surface area contributed by atoms with Crippen molar-refractivity contribution in [1.29, 1.82) is 0 Å². The van der Waals surface area contributed by atoms with E-state index in [2.05, 4.69) is 5.32 Å². The fraction of sp³-hybridized carbons (Fsp3) is 0.651. The lowest BCUT2D eigenvalue weighted by molar-refractivity contribution is -0.148. The van der Waals surface area contributed by atoms with Crippen molar-refractivity contribution >= 4 is 79.9 Å². The summed E-state index contributed by atoms with van der Waals surface area (Å²) in [5.74, 6) is -1.92. The fourth-order valence-electron chi connectivity index (χ4n) is 8.48. The molecular formula is C43H60F4N5O10PS3. The van der Waals surface area contributed by atoms with Crippen molar-refractivity contribution in [2.45, 2.75) is 108 Å². The highest BCUT2D eigenvalue weighted by Crippen LogP contribution is 2.67. The van der Waals surface area contributed by atoms with Crippen LogP contribution in [-0.4, -0.2) is 157 Å². The number of halogens is 4. The van der Waals surface area contributed by atoms with E-state index in [4.69, 9.17) is 9.05 Å². The number of carbonyl (C=O) groups excluding carboxylic acids is 5. The lowest BCUT2D eigenvalue weighted by atomic mass is 10.0. The second kappa shape index (κ2) is 23.9. The molecule has 1 N–H and O–H groups in total. The summed E-state index contributed by atoms with van der Waals surface area (Å²) in [6.07, 6.45) is 1.92. The van der Waals surface area contributed by atoms with E-state index in [0.29, 0.717) is 50.3 Å². The molecule has 0 radical (unpaired) electrons. The molecule has 2 aromatic rings. The quantitative estimate of drug-likeness (QED) is 0.0810. The molecule has 3 atom stereocenters. The third kappa shape index (κ3) is 13.8. The molecule has 66 heavy (non-hydrogen) atoms. The Labute approximate surface area is 392 Å². The average Bonchev–Trinajstić information content (AvgIpc) is 3.69. The standard InChI is InChI=1S/C43H60F4N5O10PS3/c1-5-7-38(53)64-23-21-61-63(58,62-22-24-65-39(54)8-6-2)43(46,47)32-12-11-29-9-10-30(25-31(29)26-32)40(55)48-35-27-50(28-37(44)45)18-15-34-13-14-36(52(34)41(35)56)42(57)49(3)33-16-19-51(20-17-33)66(4,59)60/h9-12,25-26,33-37H,5-8,13-24,27-28H2,1-4H3,(H,48,55)/t34-,35?,36+/m1/s1. The van der Waals surface area contributed by atoms with Crippen LogP contribution in [0.15, 0.2) is 36.4 Å². The molecule has 0 aromatic heterocycles. The summed E-state index contributed by atoms with van der Waals surface area (Å²) in [6.45, 7) is 2.28. The number of nitrogens with one attached hydrogen (secondary N) is 1. The summed E-state index contributed by atoms with van der Waals surface area (Å²) in [6, 6.07) is 4.54. The second-order valence-electron chi connectivity index (χ2n) is 16.7. The number of hydrogen-bond donors (Lipinski definition) is 1. The van der Waals surface area contributed by atoms with Gasteiger partial charge in [0, 0.05) is 80.8 Å². The molecule has 0 spiro atoms. The highest BCUT2D eigenvalue weighted by atomic mass is 32.2. The molecule has 0 aliphatic carbocycles. The van der Waals surface area contributed by atoms with E-state index >= 15 is 8.78 Å². The molecule has 3 fully saturated rings. The molecule has 5 rings (SSSR count). The maximum Gasteiger partial charge on any atom is 0.404 e. The summed E-state index contributed by atoms with van der Waals surface area (Å²) in [4.78, 5) is 71.0. The van der Waals surface area contributed by atoms with Crippen molar-refractivity contribution in [2.24, 2.45) is 0 Å². The minimum Gasteiger partial charge on any atom is -0.341 e. The van der Waals surface area contributed by atoms with E-state index in [1.807, 2.05) is 13.8 Å². The number of benzene rings is 2. The maximum absolute atomic E-state index is 16.5. The van der Waals surface area contributed by atoms with Gasteiger partial charge in [0.05, 0.1) is 26.0 Å². The predicted octanol–water partition coefficient (Wildman–Crippen LogP) is 6.55. The van der Waals surface area contributed by atoms with Crippen LogP contribution in [0.4, 0.5) is 17.6 Å². The fourth-order valence-corrected chi connectivity index (χ4v) is 12.6. The van der Waals surface area contributed by atoms with E-state index in [1.165, 1.54) is 38.4 Å². The first kappa shape index (κ1) is 53.8. The Kier molecular flexibility index (Phi) is 19.5. The lowest BCUT2D eigenvalue weighted by Crippen LogP contribution is -2.61. The molecule has 3 aliphatic rings. The highest BCUT2D eigenvalue weighted by Gasteiger charge is 2.55. The number of likely N-dealkylation sites (N-methyl/N-ethyl adjacent to an activating group) is 1. The second-order valence-corrected chi connectivity index (χ2v) is 23.1. The zero-order chi connectivity index (χ0) is 48.4. The van der Waals surface area contributed by atoms with Gasteiger partial charge < -0.3 is 24.2 Å². The molecule has 368 valence electrons. The van der Waals surface area contributed by atoms with Crippen molar-refractivity contribution in [2.75, 3.05) is 70.7 Å². The smallest absolute Gasteiger partial charge is 0.341 e. The summed E-state index contributed by atoms with van der Waals surface area (Å²) >= 11 is 1.71. The number of hydrogen-bond acceptors (Lipinski definition) is 13. The normalized spacial score (nSPS) is 20.6. The number of nitrogens with zero attached hydrogens (tertiary/aromatic N) is 4. The van der Waals surface area contributed by atoms with Crippen molar-refractivity contribution in [3.8, 4) is 0 Å².